The molecular formula is C18H28FN3O2. The van der Waals surface area contributed by atoms with Gasteiger partial charge in [0, 0.05) is 46.3 Å². The summed E-state index contributed by atoms with van der Waals surface area (Å²) in [5.74, 6) is -0.223. The first kappa shape index (κ1) is 17.5. The van der Waals surface area contributed by atoms with Crippen LogP contribution in [0, 0.1) is 5.82 Å². The van der Waals surface area contributed by atoms with Crippen LogP contribution in [-0.4, -0.2) is 74.6 Å². The standard InChI is InChI=1S/C18H28FN3O2/c1-13-9-21(10-14(2)24-13)11-16(23)12-22-7-6-20(3)18-8-15(19)4-5-17(18)22/h4-5,8,13-14,16,23H,6-7,9-12H2,1-3H3. The minimum atomic E-state index is -0.441. The average Bonchev–Trinajstić information content (AvgIpc) is 2.49. The molecular weight excluding hydrogens is 309 g/mol. The summed E-state index contributed by atoms with van der Waals surface area (Å²) in [6.07, 6.45) is -0.0367. The van der Waals surface area contributed by atoms with E-state index in [-0.39, 0.29) is 18.0 Å². The summed E-state index contributed by atoms with van der Waals surface area (Å²) in [5, 5.41) is 10.6. The van der Waals surface area contributed by atoms with Crippen LogP contribution in [0.25, 0.3) is 0 Å². The Balaban J connectivity index is 1.63. The molecule has 5 nitrogen and oxygen atoms in total. The van der Waals surface area contributed by atoms with Crippen LogP contribution in [0.1, 0.15) is 13.8 Å². The molecule has 0 radical (unpaired) electrons. The number of likely N-dealkylation sites (N-methyl/N-ethyl adjacent to an activating group) is 1. The second-order valence-corrected chi connectivity index (χ2v) is 7.13. The molecule has 24 heavy (non-hydrogen) atoms. The summed E-state index contributed by atoms with van der Waals surface area (Å²) >= 11 is 0. The van der Waals surface area contributed by atoms with Crippen molar-refractivity contribution in [2.24, 2.45) is 0 Å². The molecule has 3 unspecified atom stereocenters. The minimum absolute atomic E-state index is 0.202. The number of β-amino-alcohol motifs (C(OH)–C–C–N with tert-alkyl or cyclic N) is 1. The maximum Gasteiger partial charge on any atom is 0.125 e. The maximum absolute atomic E-state index is 13.5. The van der Waals surface area contributed by atoms with Crippen molar-refractivity contribution in [1.82, 2.24) is 4.90 Å². The SMILES string of the molecule is CC1CN(CC(O)CN2CCN(C)c3cc(F)ccc32)CC(C)O1. The fourth-order valence-electron chi connectivity index (χ4n) is 3.81. The third-order valence-electron chi connectivity index (χ3n) is 4.79. The van der Waals surface area contributed by atoms with E-state index in [0.717, 1.165) is 37.6 Å². The molecule has 1 aromatic carbocycles. The van der Waals surface area contributed by atoms with E-state index in [1.807, 2.05) is 13.1 Å². The van der Waals surface area contributed by atoms with Crippen molar-refractivity contribution in [3.63, 3.8) is 0 Å². The van der Waals surface area contributed by atoms with E-state index in [2.05, 4.69) is 28.5 Å². The molecule has 0 saturated carbocycles. The van der Waals surface area contributed by atoms with Crippen LogP contribution >= 0.6 is 0 Å². The van der Waals surface area contributed by atoms with Gasteiger partial charge in [-0.2, -0.15) is 0 Å². The molecule has 2 aliphatic rings. The molecule has 3 rings (SSSR count). The van der Waals surface area contributed by atoms with E-state index in [9.17, 15) is 9.50 Å². The Morgan fingerprint density at radius 1 is 1.17 bits per heavy atom. The number of halogens is 1. The molecule has 0 spiro atoms. The molecule has 134 valence electrons. The number of rotatable bonds is 4. The van der Waals surface area contributed by atoms with E-state index in [1.54, 1.807) is 6.07 Å². The molecule has 6 heteroatoms. The molecule has 0 bridgehead atoms. The smallest absolute Gasteiger partial charge is 0.125 e. The number of anilines is 2. The first-order valence-corrected chi connectivity index (χ1v) is 8.74. The van der Waals surface area contributed by atoms with Crippen molar-refractivity contribution in [2.75, 3.05) is 56.1 Å². The van der Waals surface area contributed by atoms with Gasteiger partial charge in [0.05, 0.1) is 29.7 Å². The van der Waals surface area contributed by atoms with E-state index in [4.69, 9.17) is 4.74 Å². The fourth-order valence-corrected chi connectivity index (χ4v) is 3.81. The molecule has 3 atom stereocenters. The molecule has 1 fully saturated rings. The number of fused-ring (bicyclic) bond motifs is 1. The number of hydrogen-bond acceptors (Lipinski definition) is 5. The lowest BCUT2D eigenvalue weighted by atomic mass is 10.1. The van der Waals surface area contributed by atoms with Gasteiger partial charge in [-0.3, -0.25) is 4.90 Å². The van der Waals surface area contributed by atoms with Crippen molar-refractivity contribution in [3.8, 4) is 0 Å². The Labute approximate surface area is 143 Å². The van der Waals surface area contributed by atoms with Crippen LogP contribution in [0.5, 0.6) is 0 Å². The summed E-state index contributed by atoms with van der Waals surface area (Å²) in [6.45, 7) is 8.71. The van der Waals surface area contributed by atoms with Crippen LogP contribution in [0.2, 0.25) is 0 Å². The quantitative estimate of drug-likeness (QED) is 0.903. The Bertz CT molecular complexity index is 561. The van der Waals surface area contributed by atoms with E-state index in [1.165, 1.54) is 6.07 Å². The Morgan fingerprint density at radius 3 is 2.58 bits per heavy atom. The lowest BCUT2D eigenvalue weighted by Crippen LogP contribution is -2.50. The van der Waals surface area contributed by atoms with Crippen molar-refractivity contribution in [2.45, 2.75) is 32.2 Å². The molecule has 1 N–H and O–H groups in total. The summed E-state index contributed by atoms with van der Waals surface area (Å²) in [4.78, 5) is 6.49. The van der Waals surface area contributed by atoms with Gasteiger partial charge in [0.2, 0.25) is 0 Å². The van der Waals surface area contributed by atoms with Gasteiger partial charge in [0.1, 0.15) is 5.82 Å². The minimum Gasteiger partial charge on any atom is -0.390 e. The number of aliphatic hydroxyl groups excluding tert-OH is 1. The molecule has 0 aliphatic carbocycles. The van der Waals surface area contributed by atoms with Gasteiger partial charge in [-0.25, -0.2) is 4.39 Å². The highest BCUT2D eigenvalue weighted by molar-refractivity contribution is 5.73. The van der Waals surface area contributed by atoms with Crippen LogP contribution in [-0.2, 0) is 4.74 Å². The van der Waals surface area contributed by atoms with Gasteiger partial charge >= 0.3 is 0 Å². The van der Waals surface area contributed by atoms with Crippen molar-refractivity contribution >= 4 is 11.4 Å². The Kier molecular flexibility index (Phi) is 5.27. The van der Waals surface area contributed by atoms with Crippen LogP contribution in [0.15, 0.2) is 18.2 Å². The molecule has 1 aromatic rings. The Hall–Kier alpha value is -1.37. The second-order valence-electron chi connectivity index (χ2n) is 7.13. The van der Waals surface area contributed by atoms with Crippen molar-refractivity contribution in [3.05, 3.63) is 24.0 Å². The van der Waals surface area contributed by atoms with Gasteiger partial charge in [-0.05, 0) is 32.0 Å². The summed E-state index contributed by atoms with van der Waals surface area (Å²) < 4.78 is 19.3. The Morgan fingerprint density at radius 2 is 1.88 bits per heavy atom. The third kappa shape index (κ3) is 3.99. The van der Waals surface area contributed by atoms with Gasteiger partial charge in [-0.1, -0.05) is 0 Å². The molecule has 2 heterocycles. The number of hydrogen-bond donors (Lipinski definition) is 1. The van der Waals surface area contributed by atoms with Gasteiger partial charge in [0.25, 0.3) is 0 Å². The predicted molar refractivity (Wildman–Crippen MR) is 94.3 cm³/mol. The molecule has 0 aromatic heterocycles. The van der Waals surface area contributed by atoms with Gasteiger partial charge < -0.3 is 19.6 Å². The average molecular weight is 337 g/mol. The van der Waals surface area contributed by atoms with Gasteiger partial charge in [0.15, 0.2) is 0 Å². The predicted octanol–water partition coefficient (Wildman–Crippen LogP) is 1.55. The zero-order valence-corrected chi connectivity index (χ0v) is 14.8. The zero-order valence-electron chi connectivity index (χ0n) is 14.8. The number of ether oxygens (including phenoxy) is 1. The first-order valence-electron chi connectivity index (χ1n) is 8.74. The number of nitrogens with zero attached hydrogens (tertiary/aromatic N) is 3. The summed E-state index contributed by atoms with van der Waals surface area (Å²) in [5.41, 5.74) is 1.88. The molecule has 2 aliphatic heterocycles. The fraction of sp³-hybridized carbons (Fsp3) is 0.667. The molecule has 1 saturated heterocycles. The van der Waals surface area contributed by atoms with Crippen LogP contribution in [0.3, 0.4) is 0 Å². The van der Waals surface area contributed by atoms with E-state index < -0.39 is 6.10 Å². The van der Waals surface area contributed by atoms with Crippen molar-refractivity contribution < 1.29 is 14.2 Å². The van der Waals surface area contributed by atoms with E-state index in [0.29, 0.717) is 13.1 Å². The zero-order chi connectivity index (χ0) is 17.3. The number of benzene rings is 1. The number of aliphatic hydroxyl groups is 1. The lowest BCUT2D eigenvalue weighted by molar-refractivity contribution is -0.0758. The van der Waals surface area contributed by atoms with Crippen molar-refractivity contribution in [1.29, 1.82) is 0 Å². The highest BCUT2D eigenvalue weighted by Gasteiger charge is 2.26. The monoisotopic (exact) mass is 337 g/mol. The van der Waals surface area contributed by atoms with E-state index >= 15 is 0 Å². The second kappa shape index (κ2) is 7.25. The highest BCUT2D eigenvalue weighted by atomic mass is 19.1. The summed E-state index contributed by atoms with van der Waals surface area (Å²) in [7, 11) is 1.97. The first-order chi connectivity index (χ1) is 11.4. The topological polar surface area (TPSA) is 39.2 Å². The largest absolute Gasteiger partial charge is 0.390 e. The normalized spacial score (nSPS) is 26.4. The van der Waals surface area contributed by atoms with Crippen LogP contribution < -0.4 is 9.80 Å². The highest BCUT2D eigenvalue weighted by Crippen LogP contribution is 2.32. The molecule has 0 amide bonds. The lowest BCUT2D eigenvalue weighted by Gasteiger charge is -2.40. The number of morpholine rings is 1. The van der Waals surface area contributed by atoms with Crippen LogP contribution in [0.4, 0.5) is 15.8 Å². The van der Waals surface area contributed by atoms with Gasteiger partial charge in [-0.15, -0.1) is 0 Å². The maximum atomic E-state index is 13.5. The summed E-state index contributed by atoms with van der Waals surface area (Å²) in [6, 6.07) is 4.87. The third-order valence-corrected chi connectivity index (χ3v) is 4.79.